The summed E-state index contributed by atoms with van der Waals surface area (Å²) in [5.74, 6) is -3.14. The van der Waals surface area contributed by atoms with E-state index in [1.807, 2.05) is 4.72 Å². The van der Waals surface area contributed by atoms with E-state index in [1.54, 1.807) is 0 Å². The quantitative estimate of drug-likeness (QED) is 0.734. The predicted octanol–water partition coefficient (Wildman–Crippen LogP) is 0.237. The first-order valence-corrected chi connectivity index (χ1v) is 9.12. The largest absolute Gasteiger partial charge is 0.478 e. The van der Waals surface area contributed by atoms with Crippen molar-refractivity contribution in [3.63, 3.8) is 0 Å². The number of nitrogens with one attached hydrogen (secondary N) is 1. The molecule has 0 aliphatic heterocycles. The van der Waals surface area contributed by atoms with Gasteiger partial charge in [-0.1, -0.05) is 6.92 Å². The van der Waals surface area contributed by atoms with E-state index in [1.165, 1.54) is 6.92 Å². The number of sulfonamides is 1. The van der Waals surface area contributed by atoms with Crippen LogP contribution in [-0.2, 0) is 19.9 Å². The van der Waals surface area contributed by atoms with Gasteiger partial charge in [0.1, 0.15) is 10.7 Å². The van der Waals surface area contributed by atoms with Gasteiger partial charge in [0.2, 0.25) is 10.0 Å². The Hall–Kier alpha value is -1.52. The maximum absolute atomic E-state index is 13.6. The Kier molecular flexibility index (Phi) is 5.42. The molecule has 1 rings (SSSR count). The molecule has 7 nitrogen and oxygen atoms in total. The minimum atomic E-state index is -4.25. The molecule has 0 saturated carbocycles. The highest BCUT2D eigenvalue weighted by Gasteiger charge is 2.21. The van der Waals surface area contributed by atoms with Crippen LogP contribution >= 0.6 is 0 Å². The van der Waals surface area contributed by atoms with Crippen molar-refractivity contribution in [3.8, 4) is 0 Å². The van der Waals surface area contributed by atoms with Gasteiger partial charge in [-0.3, -0.25) is 0 Å². The van der Waals surface area contributed by atoms with Gasteiger partial charge in [-0.15, -0.1) is 0 Å². The first-order valence-electron chi connectivity index (χ1n) is 5.82. The minimum Gasteiger partial charge on any atom is -0.478 e. The highest BCUT2D eigenvalue weighted by atomic mass is 32.2. The van der Waals surface area contributed by atoms with E-state index >= 15 is 0 Å². The molecule has 0 aromatic heterocycles. The van der Waals surface area contributed by atoms with Gasteiger partial charge in [0.15, 0.2) is 9.84 Å². The standard InChI is InChI=1S/C11H14FNO6S2/c1-2-20(16,17)6-5-13-21(18,19)10-4-3-8(11(14)15)7-9(10)12/h3-4,7,13H,2,5-6H2,1H3,(H,14,15). The van der Waals surface area contributed by atoms with Crippen molar-refractivity contribution >= 4 is 25.8 Å². The monoisotopic (exact) mass is 339 g/mol. The van der Waals surface area contributed by atoms with Crippen molar-refractivity contribution in [3.05, 3.63) is 29.6 Å². The third kappa shape index (κ3) is 4.76. The Morgan fingerprint density at radius 2 is 1.90 bits per heavy atom. The van der Waals surface area contributed by atoms with Gasteiger partial charge in [-0.05, 0) is 18.2 Å². The second kappa shape index (κ2) is 6.50. The molecule has 1 aromatic carbocycles. The lowest BCUT2D eigenvalue weighted by Gasteiger charge is -2.08. The number of carbonyl (C=O) groups is 1. The fourth-order valence-electron chi connectivity index (χ4n) is 1.41. The summed E-state index contributed by atoms with van der Waals surface area (Å²) in [6, 6.07) is 2.35. The molecule has 2 N–H and O–H groups in total. The normalized spacial score (nSPS) is 12.3. The number of benzene rings is 1. The number of halogens is 1. The van der Waals surface area contributed by atoms with Gasteiger partial charge >= 0.3 is 5.97 Å². The van der Waals surface area contributed by atoms with Crippen LogP contribution in [0.4, 0.5) is 4.39 Å². The van der Waals surface area contributed by atoms with E-state index in [9.17, 15) is 26.0 Å². The summed E-state index contributed by atoms with van der Waals surface area (Å²) >= 11 is 0. The molecule has 0 bridgehead atoms. The molecular weight excluding hydrogens is 325 g/mol. The average molecular weight is 339 g/mol. The highest BCUT2D eigenvalue weighted by molar-refractivity contribution is 7.91. The molecule has 0 atom stereocenters. The lowest BCUT2D eigenvalue weighted by Crippen LogP contribution is -2.30. The van der Waals surface area contributed by atoms with Crippen LogP contribution in [-0.4, -0.2) is 46.0 Å². The molecule has 0 aliphatic rings. The van der Waals surface area contributed by atoms with E-state index < -0.39 is 48.8 Å². The predicted molar refractivity (Wildman–Crippen MR) is 72.9 cm³/mol. The van der Waals surface area contributed by atoms with Gasteiger partial charge in [0.25, 0.3) is 0 Å². The van der Waals surface area contributed by atoms with Crippen LogP contribution in [0.15, 0.2) is 23.1 Å². The molecule has 0 unspecified atom stereocenters. The van der Waals surface area contributed by atoms with Gasteiger partial charge in [-0.25, -0.2) is 30.7 Å². The summed E-state index contributed by atoms with van der Waals surface area (Å²) in [5.41, 5.74) is -0.389. The Labute approximate surface area is 121 Å². The van der Waals surface area contributed by atoms with Crippen molar-refractivity contribution in [2.45, 2.75) is 11.8 Å². The molecule has 0 heterocycles. The molecule has 118 valence electrons. The summed E-state index contributed by atoms with van der Waals surface area (Å²) in [5, 5.41) is 8.66. The summed E-state index contributed by atoms with van der Waals surface area (Å²) in [4.78, 5) is 9.90. The third-order valence-corrected chi connectivity index (χ3v) is 5.81. The Bertz CT molecular complexity index is 742. The topological polar surface area (TPSA) is 118 Å². The number of hydrogen-bond donors (Lipinski definition) is 2. The van der Waals surface area contributed by atoms with E-state index in [0.29, 0.717) is 6.07 Å². The van der Waals surface area contributed by atoms with Crippen LogP contribution in [0.25, 0.3) is 0 Å². The third-order valence-electron chi connectivity index (χ3n) is 2.61. The molecule has 0 saturated heterocycles. The van der Waals surface area contributed by atoms with E-state index in [2.05, 4.69) is 0 Å². The number of carboxylic acid groups (broad SMARTS) is 1. The zero-order valence-corrected chi connectivity index (χ0v) is 12.7. The molecular formula is C11H14FNO6S2. The summed E-state index contributed by atoms with van der Waals surface area (Å²) in [6.45, 7) is 1.03. The fraction of sp³-hybridized carbons (Fsp3) is 0.364. The van der Waals surface area contributed by atoms with E-state index in [-0.39, 0.29) is 11.3 Å². The Morgan fingerprint density at radius 1 is 1.29 bits per heavy atom. The SMILES string of the molecule is CCS(=O)(=O)CCNS(=O)(=O)c1ccc(C(=O)O)cc1F. The first-order chi connectivity index (χ1) is 9.59. The number of carboxylic acids is 1. The van der Waals surface area contributed by atoms with Crippen molar-refractivity contribution < 1.29 is 31.1 Å². The zero-order valence-electron chi connectivity index (χ0n) is 11.0. The summed E-state index contributed by atoms with van der Waals surface area (Å²) in [7, 11) is -7.60. The van der Waals surface area contributed by atoms with Gasteiger partial charge in [0.05, 0.1) is 11.3 Å². The van der Waals surface area contributed by atoms with Gasteiger partial charge in [-0.2, -0.15) is 0 Å². The first kappa shape index (κ1) is 17.5. The smallest absolute Gasteiger partial charge is 0.335 e. The highest BCUT2D eigenvalue weighted by Crippen LogP contribution is 2.16. The summed E-state index contributed by atoms with van der Waals surface area (Å²) in [6.07, 6.45) is 0. The van der Waals surface area contributed by atoms with E-state index in [0.717, 1.165) is 12.1 Å². The molecule has 10 heteroatoms. The molecule has 1 aromatic rings. The Balaban J connectivity index is 2.91. The van der Waals surface area contributed by atoms with Crippen LogP contribution in [0.1, 0.15) is 17.3 Å². The second-order valence-electron chi connectivity index (χ2n) is 4.08. The van der Waals surface area contributed by atoms with Crippen LogP contribution in [0.2, 0.25) is 0 Å². The van der Waals surface area contributed by atoms with Crippen molar-refractivity contribution in [2.75, 3.05) is 18.1 Å². The Morgan fingerprint density at radius 3 is 2.38 bits per heavy atom. The van der Waals surface area contributed by atoms with Crippen molar-refractivity contribution in [2.24, 2.45) is 0 Å². The lowest BCUT2D eigenvalue weighted by molar-refractivity contribution is 0.0696. The van der Waals surface area contributed by atoms with Crippen LogP contribution in [0.3, 0.4) is 0 Å². The molecule has 0 spiro atoms. The summed E-state index contributed by atoms with van der Waals surface area (Å²) < 4.78 is 61.7. The van der Waals surface area contributed by atoms with Crippen LogP contribution < -0.4 is 4.72 Å². The minimum absolute atomic E-state index is 0.129. The van der Waals surface area contributed by atoms with Crippen molar-refractivity contribution in [1.82, 2.24) is 4.72 Å². The van der Waals surface area contributed by atoms with Gasteiger partial charge in [0, 0.05) is 12.3 Å². The average Bonchev–Trinajstić information content (AvgIpc) is 2.37. The van der Waals surface area contributed by atoms with Crippen molar-refractivity contribution in [1.29, 1.82) is 0 Å². The van der Waals surface area contributed by atoms with E-state index in [4.69, 9.17) is 5.11 Å². The molecule has 0 radical (unpaired) electrons. The zero-order chi connectivity index (χ0) is 16.3. The fourth-order valence-corrected chi connectivity index (χ4v) is 3.33. The number of sulfone groups is 1. The molecule has 21 heavy (non-hydrogen) atoms. The molecule has 0 amide bonds. The maximum Gasteiger partial charge on any atom is 0.335 e. The molecule has 0 aliphatic carbocycles. The number of rotatable bonds is 7. The number of hydrogen-bond acceptors (Lipinski definition) is 5. The van der Waals surface area contributed by atoms with Crippen LogP contribution in [0.5, 0.6) is 0 Å². The van der Waals surface area contributed by atoms with Gasteiger partial charge < -0.3 is 5.11 Å². The lowest BCUT2D eigenvalue weighted by atomic mass is 10.2. The van der Waals surface area contributed by atoms with Crippen LogP contribution in [0, 0.1) is 5.82 Å². The second-order valence-corrected chi connectivity index (χ2v) is 8.29. The molecule has 0 fully saturated rings. The maximum atomic E-state index is 13.6. The number of aromatic carboxylic acids is 1.